The highest BCUT2D eigenvalue weighted by Crippen LogP contribution is 2.44. The Bertz CT molecular complexity index is 744. The van der Waals surface area contributed by atoms with Gasteiger partial charge in [-0.25, -0.2) is 4.98 Å². The summed E-state index contributed by atoms with van der Waals surface area (Å²) in [6.45, 7) is 2.58. The third-order valence-corrected chi connectivity index (χ3v) is 7.09. The maximum Gasteiger partial charge on any atom is 0.272 e. The SMILES string of the molecule is C[C@H]1[C@H](O)[C@@H](O)[C@H]2CN(C(=O)c3cncn3C)C[C@@H]2[C@H]1C(=O)NC1CCCC1. The van der Waals surface area contributed by atoms with Crippen molar-refractivity contribution >= 4 is 11.8 Å². The molecule has 1 saturated heterocycles. The Kier molecular flexibility index (Phi) is 5.18. The molecule has 3 N–H and O–H groups in total. The van der Waals surface area contributed by atoms with Crippen molar-refractivity contribution in [2.24, 2.45) is 30.7 Å². The lowest BCUT2D eigenvalue weighted by Crippen LogP contribution is -2.56. The van der Waals surface area contributed by atoms with Gasteiger partial charge in [0.25, 0.3) is 5.91 Å². The zero-order valence-corrected chi connectivity index (χ0v) is 16.5. The Labute approximate surface area is 164 Å². The van der Waals surface area contributed by atoms with Crippen LogP contribution >= 0.6 is 0 Å². The predicted molar refractivity (Wildman–Crippen MR) is 101 cm³/mol. The Balaban J connectivity index is 1.55. The number of aliphatic hydroxyl groups is 2. The number of likely N-dealkylation sites (tertiary alicyclic amines) is 1. The van der Waals surface area contributed by atoms with E-state index < -0.39 is 18.1 Å². The minimum absolute atomic E-state index is 0.0461. The van der Waals surface area contributed by atoms with E-state index in [4.69, 9.17) is 0 Å². The highest BCUT2D eigenvalue weighted by molar-refractivity contribution is 5.92. The van der Waals surface area contributed by atoms with Crippen molar-refractivity contribution in [2.45, 2.75) is 50.9 Å². The molecule has 2 aliphatic carbocycles. The molecule has 6 atom stereocenters. The third kappa shape index (κ3) is 3.22. The highest BCUT2D eigenvalue weighted by atomic mass is 16.3. The number of carbonyl (C=O) groups excluding carboxylic acids is 2. The van der Waals surface area contributed by atoms with E-state index in [0.29, 0.717) is 18.8 Å². The molecule has 8 heteroatoms. The molecular formula is C20H30N4O4. The molecule has 8 nitrogen and oxygen atoms in total. The first-order valence-electron chi connectivity index (χ1n) is 10.3. The van der Waals surface area contributed by atoms with Gasteiger partial charge in [0.1, 0.15) is 5.69 Å². The monoisotopic (exact) mass is 390 g/mol. The van der Waals surface area contributed by atoms with Gasteiger partial charge < -0.3 is 25.0 Å². The fourth-order valence-corrected chi connectivity index (χ4v) is 5.45. The smallest absolute Gasteiger partial charge is 0.272 e. The number of rotatable bonds is 3. The summed E-state index contributed by atoms with van der Waals surface area (Å²) >= 11 is 0. The quantitative estimate of drug-likeness (QED) is 0.681. The molecule has 0 radical (unpaired) electrons. The molecule has 1 aromatic rings. The largest absolute Gasteiger partial charge is 0.390 e. The lowest BCUT2D eigenvalue weighted by atomic mass is 9.65. The van der Waals surface area contributed by atoms with Crippen LogP contribution in [0.1, 0.15) is 43.1 Å². The van der Waals surface area contributed by atoms with Crippen LogP contribution in [0, 0.1) is 23.7 Å². The van der Waals surface area contributed by atoms with Crippen LogP contribution in [-0.2, 0) is 11.8 Å². The number of imidazole rings is 1. The zero-order chi connectivity index (χ0) is 20.0. The van der Waals surface area contributed by atoms with Crippen LogP contribution in [0.4, 0.5) is 0 Å². The van der Waals surface area contributed by atoms with Crippen molar-refractivity contribution < 1.29 is 19.8 Å². The number of nitrogens with one attached hydrogen (secondary N) is 1. The van der Waals surface area contributed by atoms with E-state index in [2.05, 4.69) is 10.3 Å². The van der Waals surface area contributed by atoms with Crippen molar-refractivity contribution in [3.8, 4) is 0 Å². The van der Waals surface area contributed by atoms with Gasteiger partial charge in [0.05, 0.1) is 24.7 Å². The molecule has 2 amide bonds. The lowest BCUT2D eigenvalue weighted by Gasteiger charge is -2.43. The van der Waals surface area contributed by atoms with E-state index >= 15 is 0 Å². The molecule has 1 aliphatic heterocycles. The van der Waals surface area contributed by atoms with Crippen molar-refractivity contribution in [3.63, 3.8) is 0 Å². The van der Waals surface area contributed by atoms with Gasteiger partial charge in [0.2, 0.25) is 5.91 Å². The molecule has 0 spiro atoms. The number of aromatic nitrogens is 2. The highest BCUT2D eigenvalue weighted by Gasteiger charge is 2.55. The fraction of sp³-hybridized carbons (Fsp3) is 0.750. The number of aliphatic hydroxyl groups excluding tert-OH is 2. The molecule has 28 heavy (non-hydrogen) atoms. The predicted octanol–water partition coefficient (Wildman–Crippen LogP) is 0.155. The van der Waals surface area contributed by atoms with Gasteiger partial charge in [0, 0.05) is 38.0 Å². The Morgan fingerprint density at radius 3 is 2.46 bits per heavy atom. The van der Waals surface area contributed by atoms with Crippen LogP contribution in [0.2, 0.25) is 0 Å². The van der Waals surface area contributed by atoms with Crippen LogP contribution in [0.25, 0.3) is 0 Å². The number of aryl methyl sites for hydroxylation is 1. The van der Waals surface area contributed by atoms with Gasteiger partial charge in [-0.05, 0) is 24.7 Å². The molecule has 3 aliphatic rings. The van der Waals surface area contributed by atoms with E-state index in [0.717, 1.165) is 25.7 Å². The van der Waals surface area contributed by atoms with Gasteiger partial charge in [0.15, 0.2) is 0 Å². The first-order chi connectivity index (χ1) is 13.4. The molecule has 1 aromatic heterocycles. The number of nitrogens with zero attached hydrogens (tertiary/aromatic N) is 3. The van der Waals surface area contributed by atoms with Crippen molar-refractivity contribution in [1.29, 1.82) is 0 Å². The van der Waals surface area contributed by atoms with Crippen LogP contribution in [-0.4, -0.2) is 67.8 Å². The molecule has 0 bridgehead atoms. The average molecular weight is 390 g/mol. The Hall–Kier alpha value is -1.93. The minimum Gasteiger partial charge on any atom is -0.390 e. The summed E-state index contributed by atoms with van der Waals surface area (Å²) in [6.07, 6.45) is 5.47. The van der Waals surface area contributed by atoms with Crippen LogP contribution < -0.4 is 5.32 Å². The average Bonchev–Trinajstić information content (AvgIpc) is 3.40. The first-order valence-corrected chi connectivity index (χ1v) is 10.3. The van der Waals surface area contributed by atoms with Gasteiger partial charge in [-0.1, -0.05) is 19.8 Å². The number of amides is 2. The molecule has 154 valence electrons. The maximum atomic E-state index is 13.1. The van der Waals surface area contributed by atoms with Crippen LogP contribution in [0.15, 0.2) is 12.5 Å². The van der Waals surface area contributed by atoms with Crippen LogP contribution in [0.3, 0.4) is 0 Å². The second kappa shape index (κ2) is 7.48. The summed E-state index contributed by atoms with van der Waals surface area (Å²) in [5.41, 5.74) is 0.480. The number of fused-ring (bicyclic) bond motifs is 1. The van der Waals surface area contributed by atoms with Gasteiger partial charge in [-0.15, -0.1) is 0 Å². The topological polar surface area (TPSA) is 108 Å². The summed E-state index contributed by atoms with van der Waals surface area (Å²) < 4.78 is 1.67. The van der Waals surface area contributed by atoms with Gasteiger partial charge in [-0.2, -0.15) is 0 Å². The van der Waals surface area contributed by atoms with Crippen molar-refractivity contribution in [2.75, 3.05) is 13.1 Å². The summed E-state index contributed by atoms with van der Waals surface area (Å²) in [5.74, 6) is -1.43. The lowest BCUT2D eigenvalue weighted by molar-refractivity contribution is -0.146. The Morgan fingerprint density at radius 1 is 1.14 bits per heavy atom. The van der Waals surface area contributed by atoms with E-state index in [1.165, 1.54) is 6.20 Å². The van der Waals surface area contributed by atoms with E-state index in [1.54, 1.807) is 22.8 Å². The fourth-order valence-electron chi connectivity index (χ4n) is 5.45. The van der Waals surface area contributed by atoms with Gasteiger partial charge >= 0.3 is 0 Å². The van der Waals surface area contributed by atoms with Crippen molar-refractivity contribution in [1.82, 2.24) is 19.8 Å². The third-order valence-electron chi connectivity index (χ3n) is 7.09. The maximum absolute atomic E-state index is 13.1. The second-order valence-corrected chi connectivity index (χ2v) is 8.78. The summed E-state index contributed by atoms with van der Waals surface area (Å²) in [5, 5.41) is 24.4. The van der Waals surface area contributed by atoms with Crippen LogP contribution in [0.5, 0.6) is 0 Å². The summed E-state index contributed by atoms with van der Waals surface area (Å²) in [6, 6.07) is 0.204. The molecule has 0 unspecified atom stereocenters. The Morgan fingerprint density at radius 2 is 1.82 bits per heavy atom. The van der Waals surface area contributed by atoms with E-state index in [-0.39, 0.29) is 35.6 Å². The first kappa shape index (κ1) is 19.4. The standard InChI is InChI=1S/C20H30N4O4/c1-11-16(19(27)22-12-5-3-4-6-12)13-8-24(9-14(13)18(26)17(11)25)20(28)15-7-21-10-23(15)2/h7,10-14,16-18,25-26H,3-6,8-9H2,1-2H3,(H,22,27)/t11-,13+,14+,16+,17+,18+/m1/s1. The van der Waals surface area contributed by atoms with E-state index in [1.807, 2.05) is 6.92 Å². The van der Waals surface area contributed by atoms with Gasteiger partial charge in [-0.3, -0.25) is 9.59 Å². The van der Waals surface area contributed by atoms with Crippen molar-refractivity contribution in [3.05, 3.63) is 18.2 Å². The molecule has 4 rings (SSSR count). The minimum atomic E-state index is -0.965. The zero-order valence-electron chi connectivity index (χ0n) is 16.5. The molecule has 2 heterocycles. The molecule has 2 saturated carbocycles. The number of carbonyl (C=O) groups is 2. The summed E-state index contributed by atoms with van der Waals surface area (Å²) in [4.78, 5) is 31.7. The molecule has 3 fully saturated rings. The molecule has 0 aromatic carbocycles. The normalized spacial score (nSPS) is 35.8. The number of hydrogen-bond acceptors (Lipinski definition) is 5. The molecular weight excluding hydrogens is 360 g/mol. The van der Waals surface area contributed by atoms with E-state index in [9.17, 15) is 19.8 Å². The second-order valence-electron chi connectivity index (χ2n) is 8.78. The summed E-state index contributed by atoms with van der Waals surface area (Å²) in [7, 11) is 1.77. The number of hydrogen-bond donors (Lipinski definition) is 3.